The highest BCUT2D eigenvalue weighted by molar-refractivity contribution is 6.01. The third kappa shape index (κ3) is 4.47. The highest BCUT2D eigenvalue weighted by Crippen LogP contribution is 2.28. The lowest BCUT2D eigenvalue weighted by molar-refractivity contribution is 0.0715. The molecular weight excluding hydrogens is 406 g/mol. The molecule has 1 fully saturated rings. The fraction of sp³-hybridized carbons (Fsp3) is 0.241. The molecule has 0 aliphatic carbocycles. The summed E-state index contributed by atoms with van der Waals surface area (Å²) < 4.78 is 0. The summed E-state index contributed by atoms with van der Waals surface area (Å²) in [5.74, 6) is 0.963. The van der Waals surface area contributed by atoms with Gasteiger partial charge in [-0.05, 0) is 73.2 Å². The van der Waals surface area contributed by atoms with E-state index in [4.69, 9.17) is 4.98 Å². The fourth-order valence-corrected chi connectivity index (χ4v) is 4.64. The van der Waals surface area contributed by atoms with Crippen LogP contribution in [0.4, 0.5) is 5.82 Å². The van der Waals surface area contributed by atoms with Crippen LogP contribution < -0.4 is 5.32 Å². The van der Waals surface area contributed by atoms with Gasteiger partial charge in [-0.3, -0.25) is 4.79 Å². The van der Waals surface area contributed by atoms with Crippen molar-refractivity contribution in [3.05, 3.63) is 95.6 Å². The summed E-state index contributed by atoms with van der Waals surface area (Å²) in [6.07, 6.45) is 2.00. The second kappa shape index (κ2) is 9.07. The van der Waals surface area contributed by atoms with E-state index >= 15 is 0 Å². The predicted octanol–water partition coefficient (Wildman–Crippen LogP) is 6.24. The van der Waals surface area contributed by atoms with Gasteiger partial charge in [-0.15, -0.1) is 0 Å². The van der Waals surface area contributed by atoms with Crippen LogP contribution in [0.5, 0.6) is 0 Å². The van der Waals surface area contributed by atoms with E-state index < -0.39 is 0 Å². The molecule has 4 heteroatoms. The molecular formula is C29H29N3O. The Morgan fingerprint density at radius 3 is 2.64 bits per heavy atom. The number of amides is 1. The highest BCUT2D eigenvalue weighted by Gasteiger charge is 2.26. The van der Waals surface area contributed by atoms with E-state index in [0.29, 0.717) is 6.54 Å². The molecule has 33 heavy (non-hydrogen) atoms. The van der Waals surface area contributed by atoms with Gasteiger partial charge in [-0.25, -0.2) is 4.98 Å². The Hall–Kier alpha value is -3.66. The van der Waals surface area contributed by atoms with E-state index in [1.165, 1.54) is 11.1 Å². The Labute approximate surface area is 195 Å². The third-order valence-electron chi connectivity index (χ3n) is 6.63. The minimum absolute atomic E-state index is 0.0989. The number of carbonyl (C=O) groups is 1. The zero-order chi connectivity index (χ0) is 22.8. The first-order chi connectivity index (χ1) is 16.1. The van der Waals surface area contributed by atoms with Crippen LogP contribution in [0.1, 0.15) is 34.3 Å². The largest absolute Gasteiger partial charge is 0.366 e. The monoisotopic (exact) mass is 435 g/mol. The predicted molar refractivity (Wildman–Crippen MR) is 136 cm³/mol. The molecule has 1 saturated heterocycles. The molecule has 1 aromatic heterocycles. The molecule has 3 aromatic carbocycles. The summed E-state index contributed by atoms with van der Waals surface area (Å²) in [4.78, 5) is 20.3. The Morgan fingerprint density at radius 1 is 0.939 bits per heavy atom. The second-order valence-corrected chi connectivity index (χ2v) is 8.97. The molecule has 1 unspecified atom stereocenters. The molecule has 2 heterocycles. The molecule has 4 aromatic rings. The average molecular weight is 436 g/mol. The Bertz CT molecular complexity index is 1310. The molecule has 5 rings (SSSR count). The number of carbonyl (C=O) groups excluding carboxylic acids is 1. The molecule has 0 bridgehead atoms. The van der Waals surface area contributed by atoms with E-state index in [0.717, 1.165) is 52.8 Å². The molecule has 0 radical (unpaired) electrons. The number of rotatable bonds is 4. The van der Waals surface area contributed by atoms with Gasteiger partial charge >= 0.3 is 0 Å². The number of pyridine rings is 1. The molecule has 166 valence electrons. The number of para-hydroxylation sites is 1. The van der Waals surface area contributed by atoms with Gasteiger partial charge in [0.05, 0.1) is 5.52 Å². The van der Waals surface area contributed by atoms with Crippen molar-refractivity contribution in [1.29, 1.82) is 0 Å². The minimum atomic E-state index is 0.0989. The lowest BCUT2D eigenvalue weighted by Crippen LogP contribution is -2.45. The number of piperidine rings is 1. The smallest absolute Gasteiger partial charge is 0.254 e. The third-order valence-corrected chi connectivity index (χ3v) is 6.63. The number of likely N-dealkylation sites (tertiary alicyclic amines) is 1. The molecule has 1 aliphatic heterocycles. The van der Waals surface area contributed by atoms with E-state index in [2.05, 4.69) is 55.6 Å². The van der Waals surface area contributed by atoms with Crippen LogP contribution in [0, 0.1) is 13.8 Å². The summed E-state index contributed by atoms with van der Waals surface area (Å²) in [5.41, 5.74) is 6.33. The Balaban J connectivity index is 1.35. The van der Waals surface area contributed by atoms with E-state index in [9.17, 15) is 4.79 Å². The molecule has 1 amide bonds. The first kappa shape index (κ1) is 21.2. The topological polar surface area (TPSA) is 45.2 Å². The van der Waals surface area contributed by atoms with Crippen LogP contribution in [-0.4, -0.2) is 34.9 Å². The standard InChI is InChI=1S/C29H29N3O/c1-20-13-14-23(18-21(20)2)25-10-4-5-11-26(25)29(33)32-17-7-9-24(19-32)30-28-16-15-22-8-3-6-12-27(22)31-28/h3-6,8,10-16,18,24H,7,9,17,19H2,1-2H3,(H,30,31). The minimum Gasteiger partial charge on any atom is -0.366 e. The van der Waals surface area contributed by atoms with Crippen molar-refractivity contribution < 1.29 is 4.79 Å². The second-order valence-electron chi connectivity index (χ2n) is 8.97. The number of fused-ring (bicyclic) bond motifs is 1. The Morgan fingerprint density at radius 2 is 1.76 bits per heavy atom. The number of anilines is 1. The van der Waals surface area contributed by atoms with Crippen molar-refractivity contribution >= 4 is 22.6 Å². The van der Waals surface area contributed by atoms with Crippen molar-refractivity contribution in [2.75, 3.05) is 18.4 Å². The normalized spacial score (nSPS) is 16.1. The van der Waals surface area contributed by atoms with Gasteiger partial charge in [0.1, 0.15) is 5.82 Å². The number of aryl methyl sites for hydroxylation is 2. The molecule has 4 nitrogen and oxygen atoms in total. The van der Waals surface area contributed by atoms with Crippen molar-refractivity contribution in [1.82, 2.24) is 9.88 Å². The van der Waals surface area contributed by atoms with Crippen LogP contribution in [-0.2, 0) is 0 Å². The van der Waals surface area contributed by atoms with Gasteiger partial charge in [0, 0.05) is 30.1 Å². The van der Waals surface area contributed by atoms with Crippen LogP contribution in [0.3, 0.4) is 0 Å². The summed E-state index contributed by atoms with van der Waals surface area (Å²) in [6.45, 7) is 5.68. The summed E-state index contributed by atoms with van der Waals surface area (Å²) >= 11 is 0. The molecule has 1 aliphatic rings. The van der Waals surface area contributed by atoms with Crippen LogP contribution >= 0.6 is 0 Å². The van der Waals surface area contributed by atoms with E-state index in [1.807, 2.05) is 47.4 Å². The van der Waals surface area contributed by atoms with Crippen molar-refractivity contribution in [3.63, 3.8) is 0 Å². The maximum absolute atomic E-state index is 13.6. The van der Waals surface area contributed by atoms with Crippen molar-refractivity contribution in [2.45, 2.75) is 32.7 Å². The van der Waals surface area contributed by atoms with Crippen LogP contribution in [0.2, 0.25) is 0 Å². The number of hydrogen-bond donors (Lipinski definition) is 1. The highest BCUT2D eigenvalue weighted by atomic mass is 16.2. The summed E-state index contributed by atoms with van der Waals surface area (Å²) in [5, 5.41) is 4.70. The maximum atomic E-state index is 13.6. The van der Waals surface area contributed by atoms with E-state index in [1.54, 1.807) is 0 Å². The number of hydrogen-bond acceptors (Lipinski definition) is 3. The maximum Gasteiger partial charge on any atom is 0.254 e. The zero-order valence-corrected chi connectivity index (χ0v) is 19.2. The number of nitrogens with zero attached hydrogens (tertiary/aromatic N) is 2. The SMILES string of the molecule is Cc1ccc(-c2ccccc2C(=O)N2CCCC(Nc3ccc4ccccc4n3)C2)cc1C. The van der Waals surface area contributed by atoms with Crippen molar-refractivity contribution in [2.24, 2.45) is 0 Å². The first-order valence-corrected chi connectivity index (χ1v) is 11.7. The zero-order valence-electron chi connectivity index (χ0n) is 19.2. The van der Waals surface area contributed by atoms with Gasteiger partial charge in [0.25, 0.3) is 5.91 Å². The molecule has 1 atom stereocenters. The lowest BCUT2D eigenvalue weighted by Gasteiger charge is -2.34. The van der Waals surface area contributed by atoms with Crippen molar-refractivity contribution in [3.8, 4) is 11.1 Å². The van der Waals surface area contributed by atoms with Crippen LogP contribution in [0.25, 0.3) is 22.0 Å². The summed E-state index contributed by atoms with van der Waals surface area (Å²) in [7, 11) is 0. The number of nitrogens with one attached hydrogen (secondary N) is 1. The fourth-order valence-electron chi connectivity index (χ4n) is 4.64. The van der Waals surface area contributed by atoms with Crippen LogP contribution in [0.15, 0.2) is 78.9 Å². The Kier molecular flexibility index (Phi) is 5.82. The van der Waals surface area contributed by atoms with Gasteiger partial charge < -0.3 is 10.2 Å². The average Bonchev–Trinajstić information content (AvgIpc) is 2.85. The van der Waals surface area contributed by atoms with Gasteiger partial charge in [0.2, 0.25) is 0 Å². The molecule has 0 spiro atoms. The number of aromatic nitrogens is 1. The summed E-state index contributed by atoms with van der Waals surface area (Å²) in [6, 6.07) is 26.8. The van der Waals surface area contributed by atoms with Gasteiger partial charge in [0.15, 0.2) is 0 Å². The lowest BCUT2D eigenvalue weighted by atomic mass is 9.95. The van der Waals surface area contributed by atoms with Gasteiger partial charge in [-0.2, -0.15) is 0 Å². The molecule has 0 saturated carbocycles. The quantitative estimate of drug-likeness (QED) is 0.413. The van der Waals surface area contributed by atoms with Gasteiger partial charge in [-0.1, -0.05) is 54.6 Å². The number of benzene rings is 3. The molecule has 1 N–H and O–H groups in total. The first-order valence-electron chi connectivity index (χ1n) is 11.7. The van der Waals surface area contributed by atoms with E-state index in [-0.39, 0.29) is 11.9 Å².